The molecule has 0 saturated heterocycles. The van der Waals surface area contributed by atoms with E-state index in [0.29, 0.717) is 5.56 Å². The van der Waals surface area contributed by atoms with Gasteiger partial charge in [0, 0.05) is 6.21 Å². The summed E-state index contributed by atoms with van der Waals surface area (Å²) in [4.78, 5) is 4.50. The van der Waals surface area contributed by atoms with Crippen LogP contribution in [0.15, 0.2) is 77.8 Å². The minimum atomic E-state index is -4.33. The molecule has 0 aromatic heterocycles. The van der Waals surface area contributed by atoms with E-state index in [1.165, 1.54) is 6.07 Å². The van der Waals surface area contributed by atoms with Crippen molar-refractivity contribution in [1.29, 1.82) is 0 Å². The van der Waals surface area contributed by atoms with Gasteiger partial charge in [-0.2, -0.15) is 13.2 Å². The second-order valence-corrected chi connectivity index (χ2v) is 6.02. The van der Waals surface area contributed by atoms with E-state index >= 15 is 0 Å². The van der Waals surface area contributed by atoms with Crippen LogP contribution in [0.5, 0.6) is 0 Å². The van der Waals surface area contributed by atoms with Gasteiger partial charge in [-0.3, -0.25) is 4.99 Å². The highest BCUT2D eigenvalue weighted by atomic mass is 19.4. The van der Waals surface area contributed by atoms with Gasteiger partial charge in [-0.15, -0.1) is 0 Å². The Hall–Kier alpha value is -2.88. The smallest absolute Gasteiger partial charge is 0.285 e. The zero-order valence-electron chi connectivity index (χ0n) is 14.2. The summed E-state index contributed by atoms with van der Waals surface area (Å²) in [7, 11) is 0. The number of halogens is 3. The third kappa shape index (κ3) is 4.20. The largest absolute Gasteiger partial charge is 0.416 e. The number of rotatable bonds is 4. The van der Waals surface area contributed by atoms with Gasteiger partial charge in [-0.1, -0.05) is 60.7 Å². The van der Waals surface area contributed by atoms with Gasteiger partial charge in [0.15, 0.2) is 0 Å². The van der Waals surface area contributed by atoms with Crippen LogP contribution in [0.2, 0.25) is 0 Å². The van der Waals surface area contributed by atoms with Crippen molar-refractivity contribution in [1.82, 2.24) is 0 Å². The molecule has 26 heavy (non-hydrogen) atoms. The molecule has 0 aliphatic rings. The minimum Gasteiger partial charge on any atom is -0.285 e. The van der Waals surface area contributed by atoms with E-state index in [1.807, 2.05) is 31.2 Å². The minimum absolute atomic E-state index is 0.0488. The van der Waals surface area contributed by atoms with Gasteiger partial charge >= 0.3 is 6.18 Å². The average molecular weight is 353 g/mol. The lowest BCUT2D eigenvalue weighted by Crippen LogP contribution is -2.04. The molecular weight excluding hydrogens is 335 g/mol. The molecule has 0 fully saturated rings. The number of alkyl halides is 3. The molecule has 0 amide bonds. The SMILES string of the molecule is CC(N=CC=Cc1cccc(C(F)(F)F)c1)c1cccc2ccccc12. The quantitative estimate of drug-likeness (QED) is 0.463. The van der Waals surface area contributed by atoms with Crippen molar-refractivity contribution in [2.75, 3.05) is 0 Å². The summed E-state index contributed by atoms with van der Waals surface area (Å²) in [5.41, 5.74) is 0.955. The summed E-state index contributed by atoms with van der Waals surface area (Å²) in [6, 6.07) is 19.4. The first-order valence-electron chi connectivity index (χ1n) is 8.30. The zero-order valence-corrected chi connectivity index (χ0v) is 14.2. The van der Waals surface area contributed by atoms with Crippen LogP contribution in [0.3, 0.4) is 0 Å². The summed E-state index contributed by atoms with van der Waals surface area (Å²) in [6.45, 7) is 2.00. The molecule has 1 atom stereocenters. The molecule has 3 rings (SSSR count). The molecule has 4 heteroatoms. The Labute approximate surface area is 150 Å². The van der Waals surface area contributed by atoms with E-state index in [9.17, 15) is 13.2 Å². The number of benzene rings is 3. The van der Waals surface area contributed by atoms with Crippen LogP contribution in [0.25, 0.3) is 16.8 Å². The van der Waals surface area contributed by atoms with Gasteiger partial charge in [-0.25, -0.2) is 0 Å². The van der Waals surface area contributed by atoms with Crippen LogP contribution in [0.4, 0.5) is 13.2 Å². The first-order chi connectivity index (χ1) is 12.4. The molecule has 0 N–H and O–H groups in total. The van der Waals surface area contributed by atoms with Crippen LogP contribution in [0, 0.1) is 0 Å². The Kier molecular flexibility index (Phi) is 5.21. The van der Waals surface area contributed by atoms with Crippen LogP contribution in [0.1, 0.15) is 29.7 Å². The fraction of sp³-hybridized carbons (Fsp3) is 0.136. The average Bonchev–Trinajstić information content (AvgIpc) is 2.64. The first-order valence-corrected chi connectivity index (χ1v) is 8.30. The van der Waals surface area contributed by atoms with E-state index in [2.05, 4.69) is 23.2 Å². The number of hydrogen-bond donors (Lipinski definition) is 0. The van der Waals surface area contributed by atoms with Crippen LogP contribution < -0.4 is 0 Å². The molecule has 0 aliphatic carbocycles. The lowest BCUT2D eigenvalue weighted by Gasteiger charge is -2.10. The van der Waals surface area contributed by atoms with E-state index < -0.39 is 11.7 Å². The Morgan fingerprint density at radius 1 is 0.923 bits per heavy atom. The Balaban J connectivity index is 1.75. The lowest BCUT2D eigenvalue weighted by atomic mass is 10.0. The number of allylic oxidation sites excluding steroid dienone is 1. The third-order valence-corrected chi connectivity index (χ3v) is 4.17. The molecule has 1 nitrogen and oxygen atoms in total. The molecule has 0 bridgehead atoms. The standard InChI is InChI=1S/C22H18F3N/c1-16(20-13-5-10-18-9-2-3-12-21(18)20)26-14-6-8-17-7-4-11-19(15-17)22(23,24)25/h2-16H,1H3. The first kappa shape index (κ1) is 17.9. The van der Waals surface area contributed by atoms with E-state index in [-0.39, 0.29) is 6.04 Å². The van der Waals surface area contributed by atoms with E-state index in [0.717, 1.165) is 28.5 Å². The number of hydrogen-bond acceptors (Lipinski definition) is 1. The van der Waals surface area contributed by atoms with Crippen molar-refractivity contribution < 1.29 is 13.2 Å². The number of fused-ring (bicyclic) bond motifs is 1. The van der Waals surface area contributed by atoms with Crippen molar-refractivity contribution in [3.63, 3.8) is 0 Å². The molecule has 3 aromatic carbocycles. The molecule has 0 radical (unpaired) electrons. The maximum atomic E-state index is 12.7. The molecule has 1 unspecified atom stereocenters. The maximum absolute atomic E-state index is 12.7. The third-order valence-electron chi connectivity index (χ3n) is 4.17. The van der Waals surface area contributed by atoms with Gasteiger partial charge in [0.2, 0.25) is 0 Å². The van der Waals surface area contributed by atoms with Crippen molar-refractivity contribution >= 4 is 23.1 Å². The molecule has 132 valence electrons. The van der Waals surface area contributed by atoms with Crippen molar-refractivity contribution in [2.24, 2.45) is 4.99 Å². The highest BCUT2D eigenvalue weighted by Crippen LogP contribution is 2.30. The van der Waals surface area contributed by atoms with E-state index in [1.54, 1.807) is 24.4 Å². The van der Waals surface area contributed by atoms with Crippen LogP contribution in [-0.4, -0.2) is 6.21 Å². The number of aliphatic imine (C=N–C) groups is 1. The zero-order chi connectivity index (χ0) is 18.6. The van der Waals surface area contributed by atoms with Gasteiger partial charge in [0.25, 0.3) is 0 Å². The second-order valence-electron chi connectivity index (χ2n) is 6.02. The fourth-order valence-electron chi connectivity index (χ4n) is 2.85. The van der Waals surface area contributed by atoms with Gasteiger partial charge < -0.3 is 0 Å². The predicted octanol–water partition coefficient (Wildman–Crippen LogP) is 6.70. The van der Waals surface area contributed by atoms with Crippen molar-refractivity contribution in [2.45, 2.75) is 19.1 Å². The second kappa shape index (κ2) is 7.56. The summed E-state index contributed by atoms with van der Waals surface area (Å²) in [5, 5.41) is 2.31. The van der Waals surface area contributed by atoms with Crippen molar-refractivity contribution in [3.8, 4) is 0 Å². The van der Waals surface area contributed by atoms with Gasteiger partial charge in [-0.05, 0) is 47.0 Å². The fourth-order valence-corrected chi connectivity index (χ4v) is 2.85. The summed E-state index contributed by atoms with van der Waals surface area (Å²) >= 11 is 0. The van der Waals surface area contributed by atoms with Gasteiger partial charge in [0.05, 0.1) is 11.6 Å². The molecular formula is C22H18F3N. The highest BCUT2D eigenvalue weighted by Gasteiger charge is 2.30. The van der Waals surface area contributed by atoms with Crippen LogP contribution >= 0.6 is 0 Å². The highest BCUT2D eigenvalue weighted by molar-refractivity contribution is 5.86. The monoisotopic (exact) mass is 353 g/mol. The summed E-state index contributed by atoms with van der Waals surface area (Å²) in [6.07, 6.45) is 0.583. The summed E-state index contributed by atoms with van der Waals surface area (Å²) < 4.78 is 38.2. The molecule has 0 saturated carbocycles. The molecule has 3 aromatic rings. The maximum Gasteiger partial charge on any atom is 0.416 e. The predicted molar refractivity (Wildman–Crippen MR) is 101 cm³/mol. The normalized spacial score (nSPS) is 13.7. The molecule has 0 spiro atoms. The van der Waals surface area contributed by atoms with E-state index in [4.69, 9.17) is 0 Å². The Morgan fingerprint density at radius 3 is 2.46 bits per heavy atom. The van der Waals surface area contributed by atoms with Crippen molar-refractivity contribution in [3.05, 3.63) is 89.5 Å². The Morgan fingerprint density at radius 2 is 1.65 bits per heavy atom. The number of nitrogens with zero attached hydrogens (tertiary/aromatic N) is 1. The summed E-state index contributed by atoms with van der Waals surface area (Å²) in [5.74, 6) is 0. The molecule has 0 aliphatic heterocycles. The molecule has 0 heterocycles. The van der Waals surface area contributed by atoms with Gasteiger partial charge in [0.1, 0.15) is 0 Å². The Bertz CT molecular complexity index is 950. The topological polar surface area (TPSA) is 12.4 Å². The lowest BCUT2D eigenvalue weighted by molar-refractivity contribution is -0.137. The van der Waals surface area contributed by atoms with Crippen LogP contribution in [-0.2, 0) is 6.18 Å².